The first kappa shape index (κ1) is 20.7. The summed E-state index contributed by atoms with van der Waals surface area (Å²) in [6.07, 6.45) is 5.18. The zero-order valence-corrected chi connectivity index (χ0v) is 17.9. The molecule has 0 saturated carbocycles. The number of amides is 1. The van der Waals surface area contributed by atoms with Crippen LogP contribution in [-0.2, 0) is 13.1 Å². The van der Waals surface area contributed by atoms with E-state index in [-0.39, 0.29) is 11.6 Å². The van der Waals surface area contributed by atoms with Crippen LogP contribution in [0.1, 0.15) is 47.2 Å². The Morgan fingerprint density at radius 3 is 2.46 bits per heavy atom. The minimum absolute atomic E-state index is 0.0119. The second-order valence-corrected chi connectivity index (χ2v) is 8.28. The van der Waals surface area contributed by atoms with Crippen LogP contribution in [-0.4, -0.2) is 28.8 Å². The number of nitro benzene ring substituents is 1. The number of hydrogen-bond acceptors (Lipinski definition) is 4. The van der Waals surface area contributed by atoms with Crippen molar-refractivity contribution in [2.75, 3.05) is 13.1 Å². The van der Waals surface area contributed by atoms with Gasteiger partial charge in [0.2, 0.25) is 0 Å². The van der Waals surface area contributed by atoms with E-state index in [9.17, 15) is 14.9 Å². The standard InChI is InChI=1S/C21H24IN3O3/c22-20-13-18(25(27)28)8-9-19(20)21(26)23-14-16-6-5-7-17(12-16)15-24-10-3-1-2-4-11-24/h5-9,12-13H,1-4,10-11,14-15H2,(H,23,26). The van der Waals surface area contributed by atoms with Crippen molar-refractivity contribution in [1.82, 2.24) is 10.2 Å². The molecule has 1 fully saturated rings. The van der Waals surface area contributed by atoms with E-state index < -0.39 is 4.92 Å². The van der Waals surface area contributed by atoms with Gasteiger partial charge in [0.05, 0.1) is 10.5 Å². The van der Waals surface area contributed by atoms with E-state index in [1.54, 1.807) is 0 Å². The normalized spacial score (nSPS) is 15.0. The van der Waals surface area contributed by atoms with E-state index in [0.717, 1.165) is 25.2 Å². The molecular formula is C21H24IN3O3. The Labute approximate surface area is 178 Å². The third-order valence-corrected chi connectivity index (χ3v) is 5.85. The van der Waals surface area contributed by atoms with Crippen molar-refractivity contribution < 1.29 is 9.72 Å². The lowest BCUT2D eigenvalue weighted by atomic mass is 10.1. The fraction of sp³-hybridized carbons (Fsp3) is 0.381. The number of hydrogen-bond donors (Lipinski definition) is 1. The highest BCUT2D eigenvalue weighted by Gasteiger charge is 2.14. The molecule has 28 heavy (non-hydrogen) atoms. The summed E-state index contributed by atoms with van der Waals surface area (Å²) in [6.45, 7) is 3.68. The van der Waals surface area contributed by atoms with Gasteiger partial charge in [0.25, 0.3) is 11.6 Å². The maximum Gasteiger partial charge on any atom is 0.270 e. The minimum atomic E-state index is -0.459. The smallest absolute Gasteiger partial charge is 0.270 e. The lowest BCUT2D eigenvalue weighted by Crippen LogP contribution is -2.25. The molecule has 0 aliphatic carbocycles. The molecule has 1 saturated heterocycles. The average Bonchev–Trinajstić information content (AvgIpc) is 2.95. The lowest BCUT2D eigenvalue weighted by Gasteiger charge is -2.20. The van der Waals surface area contributed by atoms with Gasteiger partial charge in [-0.25, -0.2) is 0 Å². The zero-order valence-electron chi connectivity index (χ0n) is 15.7. The highest BCUT2D eigenvalue weighted by atomic mass is 127. The molecule has 1 amide bonds. The van der Waals surface area contributed by atoms with E-state index in [1.807, 2.05) is 34.7 Å². The van der Waals surface area contributed by atoms with Gasteiger partial charge in [-0.1, -0.05) is 37.1 Å². The minimum Gasteiger partial charge on any atom is -0.348 e. The molecule has 0 spiro atoms. The molecule has 148 valence electrons. The van der Waals surface area contributed by atoms with Gasteiger partial charge in [-0.3, -0.25) is 19.8 Å². The van der Waals surface area contributed by atoms with Crippen molar-refractivity contribution in [2.24, 2.45) is 0 Å². The van der Waals surface area contributed by atoms with Crippen LogP contribution in [0.4, 0.5) is 5.69 Å². The van der Waals surface area contributed by atoms with Crippen molar-refractivity contribution in [3.8, 4) is 0 Å². The highest BCUT2D eigenvalue weighted by molar-refractivity contribution is 14.1. The molecule has 3 rings (SSSR count). The number of carbonyl (C=O) groups excluding carboxylic acids is 1. The van der Waals surface area contributed by atoms with Crippen molar-refractivity contribution in [2.45, 2.75) is 38.8 Å². The predicted molar refractivity (Wildman–Crippen MR) is 117 cm³/mol. The largest absolute Gasteiger partial charge is 0.348 e. The summed E-state index contributed by atoms with van der Waals surface area (Å²) in [7, 11) is 0. The van der Waals surface area contributed by atoms with Gasteiger partial charge in [0.15, 0.2) is 0 Å². The van der Waals surface area contributed by atoms with Crippen molar-refractivity contribution >= 4 is 34.2 Å². The molecule has 6 nitrogen and oxygen atoms in total. The second kappa shape index (κ2) is 9.97. The number of nitro groups is 1. The lowest BCUT2D eigenvalue weighted by molar-refractivity contribution is -0.384. The van der Waals surface area contributed by atoms with Crippen molar-refractivity contribution in [1.29, 1.82) is 0 Å². The van der Waals surface area contributed by atoms with Crippen LogP contribution in [0.25, 0.3) is 0 Å². The first-order chi connectivity index (χ1) is 13.5. The van der Waals surface area contributed by atoms with Crippen LogP contribution in [0.2, 0.25) is 0 Å². The SMILES string of the molecule is O=C(NCc1cccc(CN2CCCCCC2)c1)c1ccc([N+](=O)[O-])cc1I. The maximum absolute atomic E-state index is 12.5. The summed E-state index contributed by atoms with van der Waals surface area (Å²) in [5.41, 5.74) is 2.75. The Morgan fingerprint density at radius 1 is 1.07 bits per heavy atom. The topological polar surface area (TPSA) is 75.5 Å². The molecule has 7 heteroatoms. The molecule has 0 bridgehead atoms. The van der Waals surface area contributed by atoms with Crippen molar-refractivity contribution in [3.05, 3.63) is 72.8 Å². The van der Waals surface area contributed by atoms with Crippen molar-refractivity contribution in [3.63, 3.8) is 0 Å². The third-order valence-electron chi connectivity index (χ3n) is 4.96. The number of rotatable bonds is 6. The molecule has 0 atom stereocenters. The van der Waals surface area contributed by atoms with Gasteiger partial charge in [0.1, 0.15) is 0 Å². The molecule has 0 unspecified atom stereocenters. The fourth-order valence-electron chi connectivity index (χ4n) is 3.47. The summed E-state index contributed by atoms with van der Waals surface area (Å²) in [5, 5.41) is 13.8. The fourth-order valence-corrected chi connectivity index (χ4v) is 4.21. The Morgan fingerprint density at radius 2 is 1.79 bits per heavy atom. The number of carbonyl (C=O) groups is 1. The quantitative estimate of drug-likeness (QED) is 0.365. The molecule has 1 aliphatic heterocycles. The number of nitrogens with zero attached hydrogens (tertiary/aromatic N) is 2. The number of non-ortho nitro benzene ring substituents is 1. The van der Waals surface area contributed by atoms with Gasteiger partial charge >= 0.3 is 0 Å². The zero-order chi connectivity index (χ0) is 19.9. The summed E-state index contributed by atoms with van der Waals surface area (Å²) < 4.78 is 0.569. The second-order valence-electron chi connectivity index (χ2n) is 7.11. The van der Waals surface area contributed by atoms with Crippen LogP contribution in [0, 0.1) is 13.7 Å². The molecule has 0 radical (unpaired) electrons. The monoisotopic (exact) mass is 493 g/mol. The number of halogens is 1. The van der Waals surface area contributed by atoms with Gasteiger partial charge < -0.3 is 5.32 Å². The number of benzene rings is 2. The molecule has 1 aliphatic rings. The summed E-state index contributed by atoms with van der Waals surface area (Å²) >= 11 is 1.96. The van der Waals surface area contributed by atoms with Gasteiger partial charge in [-0.2, -0.15) is 0 Å². The predicted octanol–water partition coefficient (Wildman–Crippen LogP) is 4.51. The van der Waals surface area contributed by atoms with Crippen LogP contribution in [0.15, 0.2) is 42.5 Å². The molecule has 1 N–H and O–H groups in total. The van der Waals surface area contributed by atoms with E-state index >= 15 is 0 Å². The summed E-state index contributed by atoms with van der Waals surface area (Å²) in [4.78, 5) is 25.3. The Bertz CT molecular complexity index is 849. The molecular weight excluding hydrogens is 469 g/mol. The van der Waals surface area contributed by atoms with E-state index in [2.05, 4.69) is 22.3 Å². The summed E-state index contributed by atoms with van der Waals surface area (Å²) in [6, 6.07) is 12.6. The van der Waals surface area contributed by atoms with Gasteiger partial charge in [0, 0.05) is 28.8 Å². The van der Waals surface area contributed by atoms with E-state index in [0.29, 0.717) is 15.7 Å². The third kappa shape index (κ3) is 5.75. The molecule has 0 aromatic heterocycles. The maximum atomic E-state index is 12.5. The van der Waals surface area contributed by atoms with Gasteiger partial charge in [-0.05, 0) is 65.7 Å². The highest BCUT2D eigenvalue weighted by Crippen LogP contribution is 2.20. The Hall–Kier alpha value is -2.00. The first-order valence-corrected chi connectivity index (χ1v) is 10.6. The van der Waals surface area contributed by atoms with Crippen LogP contribution >= 0.6 is 22.6 Å². The Kier molecular flexibility index (Phi) is 7.38. The number of likely N-dealkylation sites (tertiary alicyclic amines) is 1. The summed E-state index contributed by atoms with van der Waals surface area (Å²) in [5.74, 6) is -0.225. The Balaban J connectivity index is 1.59. The number of nitrogens with one attached hydrogen (secondary N) is 1. The van der Waals surface area contributed by atoms with E-state index in [1.165, 1.54) is 49.4 Å². The van der Waals surface area contributed by atoms with E-state index in [4.69, 9.17) is 0 Å². The van der Waals surface area contributed by atoms with Crippen LogP contribution in [0.3, 0.4) is 0 Å². The molecule has 2 aromatic rings. The van der Waals surface area contributed by atoms with Gasteiger partial charge in [-0.15, -0.1) is 0 Å². The molecule has 2 aromatic carbocycles. The molecule has 1 heterocycles. The van der Waals surface area contributed by atoms with Crippen LogP contribution in [0.5, 0.6) is 0 Å². The average molecular weight is 493 g/mol. The van der Waals surface area contributed by atoms with Crippen LogP contribution < -0.4 is 5.32 Å². The first-order valence-electron chi connectivity index (χ1n) is 9.55.